The van der Waals surface area contributed by atoms with Crippen LogP contribution in [0.25, 0.3) is 0 Å². The largest absolute Gasteiger partial charge is 0.143 e. The first-order valence-corrected chi connectivity index (χ1v) is 3.20. The number of aryl methyl sites for hydroxylation is 1. The highest BCUT2D eigenvalue weighted by Crippen LogP contribution is 2.08. The number of hydrogen-bond donors (Lipinski definition) is 1. The second kappa shape index (κ2) is 2.48. The van der Waals surface area contributed by atoms with Crippen LogP contribution in [0.4, 0.5) is 0 Å². The Morgan fingerprint density at radius 1 is 1.44 bits per heavy atom. The summed E-state index contributed by atoms with van der Waals surface area (Å²) in [5, 5.41) is 0. The minimum Gasteiger partial charge on any atom is -0.143 e. The molecule has 1 rings (SSSR count). The summed E-state index contributed by atoms with van der Waals surface area (Å²) in [6.07, 6.45) is 0. The highest BCUT2D eigenvalue weighted by atomic mass is 32.1. The molecule has 2 radical (unpaired) electrons. The molecule has 0 N–H and O–H groups in total. The van der Waals surface area contributed by atoms with E-state index in [9.17, 15) is 0 Å². The SMILES string of the molecule is [B]c1ccc(S)c(C)c1. The van der Waals surface area contributed by atoms with Gasteiger partial charge in [-0.15, -0.1) is 12.6 Å². The van der Waals surface area contributed by atoms with Gasteiger partial charge in [0.25, 0.3) is 0 Å². The van der Waals surface area contributed by atoms with E-state index in [1.807, 2.05) is 25.1 Å². The van der Waals surface area contributed by atoms with Crippen molar-refractivity contribution in [3.63, 3.8) is 0 Å². The molecule has 0 saturated carbocycles. The van der Waals surface area contributed by atoms with Crippen LogP contribution in [0.2, 0.25) is 0 Å². The normalized spacial score (nSPS) is 9.56. The third-order valence-electron chi connectivity index (χ3n) is 1.22. The van der Waals surface area contributed by atoms with Crippen molar-refractivity contribution in [2.75, 3.05) is 0 Å². The van der Waals surface area contributed by atoms with E-state index in [1.54, 1.807) is 0 Å². The lowest BCUT2D eigenvalue weighted by Gasteiger charge is -1.97. The van der Waals surface area contributed by atoms with E-state index in [0.717, 1.165) is 15.9 Å². The fraction of sp³-hybridized carbons (Fsp3) is 0.143. The van der Waals surface area contributed by atoms with Crippen LogP contribution in [0.3, 0.4) is 0 Å². The van der Waals surface area contributed by atoms with Crippen LogP contribution in [0.5, 0.6) is 0 Å². The first-order valence-electron chi connectivity index (χ1n) is 2.75. The van der Waals surface area contributed by atoms with Gasteiger partial charge in [-0.05, 0) is 18.6 Å². The molecule has 0 nitrogen and oxygen atoms in total. The molecule has 0 saturated heterocycles. The Morgan fingerprint density at radius 3 is 2.56 bits per heavy atom. The van der Waals surface area contributed by atoms with Crippen LogP contribution in [-0.2, 0) is 0 Å². The first-order chi connectivity index (χ1) is 4.20. The molecular formula is C7H7BS. The predicted octanol–water partition coefficient (Wildman–Crippen LogP) is 1.08. The van der Waals surface area contributed by atoms with Gasteiger partial charge >= 0.3 is 0 Å². The molecule has 0 unspecified atom stereocenters. The summed E-state index contributed by atoms with van der Waals surface area (Å²) in [6.45, 7) is 1.98. The molecule has 0 heterocycles. The van der Waals surface area contributed by atoms with E-state index in [1.165, 1.54) is 0 Å². The van der Waals surface area contributed by atoms with E-state index in [2.05, 4.69) is 12.6 Å². The minimum atomic E-state index is 0.797. The molecule has 0 atom stereocenters. The lowest BCUT2D eigenvalue weighted by molar-refractivity contribution is 1.33. The zero-order valence-corrected chi connectivity index (χ0v) is 6.15. The third-order valence-corrected chi connectivity index (χ3v) is 1.72. The van der Waals surface area contributed by atoms with Crippen molar-refractivity contribution in [2.24, 2.45) is 0 Å². The number of benzene rings is 1. The average molecular weight is 134 g/mol. The second-order valence-corrected chi connectivity index (χ2v) is 2.53. The summed E-state index contributed by atoms with van der Waals surface area (Å²) in [5.41, 5.74) is 1.92. The molecule has 1 aromatic carbocycles. The van der Waals surface area contributed by atoms with Gasteiger partial charge in [0.15, 0.2) is 0 Å². The minimum absolute atomic E-state index is 0.797. The molecule has 0 spiro atoms. The maximum absolute atomic E-state index is 5.49. The Balaban J connectivity index is 3.17. The fourth-order valence-electron chi connectivity index (χ4n) is 0.679. The maximum atomic E-state index is 5.49. The van der Waals surface area contributed by atoms with Crippen molar-refractivity contribution in [3.05, 3.63) is 23.8 Å². The van der Waals surface area contributed by atoms with E-state index in [0.29, 0.717) is 0 Å². The molecule has 2 heteroatoms. The molecule has 0 amide bonds. The number of hydrogen-bond acceptors (Lipinski definition) is 1. The lowest BCUT2D eigenvalue weighted by atomic mass is 9.95. The van der Waals surface area contributed by atoms with Gasteiger partial charge in [0.05, 0.1) is 0 Å². The van der Waals surface area contributed by atoms with Crippen LogP contribution in [0.1, 0.15) is 5.56 Å². The summed E-state index contributed by atoms with van der Waals surface area (Å²) in [4.78, 5) is 0.990. The standard InChI is InChI=1S/C7H7BS/c1-5-4-6(8)2-3-7(5)9/h2-4,9H,1H3. The number of thiol groups is 1. The quantitative estimate of drug-likeness (QED) is 0.398. The van der Waals surface area contributed by atoms with Gasteiger partial charge in [-0.25, -0.2) is 0 Å². The third kappa shape index (κ3) is 1.52. The summed E-state index contributed by atoms with van der Waals surface area (Å²) in [7, 11) is 5.49. The Labute approximate surface area is 62.1 Å². The first kappa shape index (κ1) is 6.75. The Kier molecular flexibility index (Phi) is 1.86. The molecule has 0 aliphatic heterocycles. The zero-order chi connectivity index (χ0) is 6.85. The van der Waals surface area contributed by atoms with Crippen molar-refractivity contribution >= 4 is 25.9 Å². The van der Waals surface area contributed by atoms with Gasteiger partial charge in [-0.2, -0.15) is 0 Å². The van der Waals surface area contributed by atoms with Gasteiger partial charge in [0.2, 0.25) is 0 Å². The molecule has 0 fully saturated rings. The van der Waals surface area contributed by atoms with Crippen LogP contribution in [0, 0.1) is 6.92 Å². The smallest absolute Gasteiger partial charge is 0.113 e. The topological polar surface area (TPSA) is 0 Å². The fourth-order valence-corrected chi connectivity index (χ4v) is 0.818. The summed E-state index contributed by atoms with van der Waals surface area (Å²) in [5.74, 6) is 0. The Morgan fingerprint density at radius 2 is 2.11 bits per heavy atom. The van der Waals surface area contributed by atoms with Crippen molar-refractivity contribution in [1.29, 1.82) is 0 Å². The van der Waals surface area contributed by atoms with E-state index in [4.69, 9.17) is 7.85 Å². The highest BCUT2D eigenvalue weighted by Gasteiger charge is 1.89. The van der Waals surface area contributed by atoms with Crippen molar-refractivity contribution in [3.8, 4) is 0 Å². The van der Waals surface area contributed by atoms with E-state index >= 15 is 0 Å². The monoisotopic (exact) mass is 134 g/mol. The highest BCUT2D eigenvalue weighted by molar-refractivity contribution is 7.80. The lowest BCUT2D eigenvalue weighted by Crippen LogP contribution is -2.00. The molecular weight excluding hydrogens is 127 g/mol. The van der Waals surface area contributed by atoms with Gasteiger partial charge in [-0.3, -0.25) is 0 Å². The van der Waals surface area contributed by atoms with Crippen molar-refractivity contribution < 1.29 is 0 Å². The summed E-state index contributed by atoms with van der Waals surface area (Å²) >= 11 is 4.19. The van der Waals surface area contributed by atoms with E-state index < -0.39 is 0 Å². The van der Waals surface area contributed by atoms with Crippen LogP contribution in [-0.4, -0.2) is 7.85 Å². The second-order valence-electron chi connectivity index (χ2n) is 2.05. The molecule has 1 aromatic rings. The van der Waals surface area contributed by atoms with Crippen molar-refractivity contribution in [2.45, 2.75) is 11.8 Å². The van der Waals surface area contributed by atoms with Crippen LogP contribution >= 0.6 is 12.6 Å². The van der Waals surface area contributed by atoms with Gasteiger partial charge in [0, 0.05) is 4.90 Å². The number of rotatable bonds is 0. The van der Waals surface area contributed by atoms with E-state index in [-0.39, 0.29) is 0 Å². The van der Waals surface area contributed by atoms with Gasteiger partial charge in [0.1, 0.15) is 7.85 Å². The Hall–Kier alpha value is -0.365. The predicted molar refractivity (Wildman–Crippen MR) is 43.8 cm³/mol. The Bertz CT molecular complexity index is 220. The van der Waals surface area contributed by atoms with Gasteiger partial charge < -0.3 is 0 Å². The zero-order valence-electron chi connectivity index (χ0n) is 5.26. The molecule has 9 heavy (non-hydrogen) atoms. The van der Waals surface area contributed by atoms with Crippen LogP contribution in [0.15, 0.2) is 23.1 Å². The molecule has 44 valence electrons. The molecule has 0 aliphatic rings. The summed E-state index contributed by atoms with van der Waals surface area (Å²) < 4.78 is 0. The summed E-state index contributed by atoms with van der Waals surface area (Å²) in [6, 6.07) is 5.64. The average Bonchev–Trinajstić information content (AvgIpc) is 1.80. The maximum Gasteiger partial charge on any atom is 0.113 e. The van der Waals surface area contributed by atoms with Crippen LogP contribution < -0.4 is 5.46 Å². The molecule has 0 aromatic heterocycles. The molecule has 0 aliphatic carbocycles. The van der Waals surface area contributed by atoms with Crippen molar-refractivity contribution in [1.82, 2.24) is 0 Å². The molecule has 0 bridgehead atoms. The van der Waals surface area contributed by atoms with Gasteiger partial charge in [-0.1, -0.05) is 17.6 Å².